The molecule has 0 radical (unpaired) electrons. The van der Waals surface area contributed by atoms with E-state index >= 15 is 0 Å². The molecule has 4 aromatic carbocycles. The van der Waals surface area contributed by atoms with Gasteiger partial charge in [0.05, 0.1) is 18.1 Å². The first-order chi connectivity index (χ1) is 22.0. The largest absolute Gasteiger partial charge is 0.573 e. The van der Waals surface area contributed by atoms with Gasteiger partial charge in [0.1, 0.15) is 17.6 Å². The van der Waals surface area contributed by atoms with Crippen LogP contribution in [0.5, 0.6) is 11.5 Å². The zero-order chi connectivity index (χ0) is 33.3. The molecule has 0 aromatic heterocycles. The number of carboxylic acids is 1. The lowest BCUT2D eigenvalue weighted by atomic mass is 9.85. The Kier molecular flexibility index (Phi) is 11.3. The van der Waals surface area contributed by atoms with Gasteiger partial charge in [-0.25, -0.2) is 0 Å². The number of nitriles is 1. The summed E-state index contributed by atoms with van der Waals surface area (Å²) in [5.41, 5.74) is 3.50. The third kappa shape index (κ3) is 9.49. The molecule has 0 bridgehead atoms. The van der Waals surface area contributed by atoms with Crippen LogP contribution >= 0.6 is 11.6 Å². The number of carbonyl (C=O) groups excluding carboxylic acids is 1. The van der Waals surface area contributed by atoms with Gasteiger partial charge in [-0.05, 0) is 83.3 Å². The van der Waals surface area contributed by atoms with E-state index in [0.717, 1.165) is 17.5 Å². The summed E-state index contributed by atoms with van der Waals surface area (Å²) in [7, 11) is 0. The number of amides is 1. The van der Waals surface area contributed by atoms with Crippen molar-refractivity contribution in [2.24, 2.45) is 0 Å². The minimum Gasteiger partial charge on any atom is -0.485 e. The summed E-state index contributed by atoms with van der Waals surface area (Å²) >= 11 is 6.19. The Morgan fingerprint density at radius 1 is 0.913 bits per heavy atom. The summed E-state index contributed by atoms with van der Waals surface area (Å²) in [6, 6.07) is 26.6. The molecule has 238 valence electrons. The van der Waals surface area contributed by atoms with Gasteiger partial charge in [-0.2, -0.15) is 5.26 Å². The summed E-state index contributed by atoms with van der Waals surface area (Å²) in [5, 5.41) is 21.8. The molecule has 0 unspecified atom stereocenters. The fraction of sp³-hybridized carbons (Fsp3) is 0.229. The Balaban J connectivity index is 1.68. The van der Waals surface area contributed by atoms with Crippen LogP contribution in [0.1, 0.15) is 65.3 Å². The maximum atomic E-state index is 12.6. The number of halogens is 4. The van der Waals surface area contributed by atoms with Gasteiger partial charge in [-0.1, -0.05) is 61.3 Å². The van der Waals surface area contributed by atoms with Crippen molar-refractivity contribution in [1.29, 1.82) is 5.26 Å². The molecule has 4 aromatic rings. The minimum absolute atomic E-state index is 0.0100. The van der Waals surface area contributed by atoms with E-state index in [2.05, 4.69) is 16.1 Å². The molecule has 2 atom stereocenters. The first-order valence-electron chi connectivity index (χ1n) is 14.4. The van der Waals surface area contributed by atoms with E-state index in [0.29, 0.717) is 39.4 Å². The van der Waals surface area contributed by atoms with E-state index < -0.39 is 18.4 Å². The van der Waals surface area contributed by atoms with Crippen molar-refractivity contribution in [2.45, 2.75) is 44.6 Å². The van der Waals surface area contributed by atoms with E-state index in [1.54, 1.807) is 42.5 Å². The van der Waals surface area contributed by atoms with Crippen molar-refractivity contribution in [3.63, 3.8) is 0 Å². The SMILES string of the molecule is CCC[C@H](c1ccc(C(=O)NCCC(=O)O)cc1)[C@@H](Oc1cc(C#N)cc(-c2ccc(OC(F)(F)F)cc2)c1)c1ccc(Cl)cc1. The molecule has 4 rings (SSSR count). The van der Waals surface area contributed by atoms with Gasteiger partial charge in [0.15, 0.2) is 0 Å². The molecule has 0 saturated heterocycles. The Hall–Kier alpha value is -5.01. The van der Waals surface area contributed by atoms with Crippen LogP contribution in [0.3, 0.4) is 0 Å². The third-order valence-electron chi connectivity index (χ3n) is 7.11. The van der Waals surface area contributed by atoms with Crippen molar-refractivity contribution in [3.05, 3.63) is 118 Å². The highest BCUT2D eigenvalue weighted by molar-refractivity contribution is 6.30. The summed E-state index contributed by atoms with van der Waals surface area (Å²) in [6.45, 7) is 2.05. The standard InChI is InChI=1S/C35H30ClF3N2O5/c1-2-3-31(24-4-6-26(7-5-24)34(44)41-17-16-32(42)43)33(25-8-12-28(36)13-9-25)45-30-19-22(21-40)18-27(20-30)23-10-14-29(15-11-23)46-35(37,38)39/h4-15,18-20,31,33H,2-3,16-17H2,1H3,(H,41,44)(H,42,43)/t31-,33+/m1/s1. The Morgan fingerprint density at radius 2 is 1.57 bits per heavy atom. The molecule has 0 spiro atoms. The fourth-order valence-electron chi connectivity index (χ4n) is 5.00. The second-order valence-corrected chi connectivity index (χ2v) is 10.9. The number of hydrogen-bond acceptors (Lipinski definition) is 5. The predicted molar refractivity (Wildman–Crippen MR) is 167 cm³/mol. The van der Waals surface area contributed by atoms with E-state index in [-0.39, 0.29) is 30.5 Å². The molecule has 11 heteroatoms. The molecule has 1 amide bonds. The Bertz CT molecular complexity index is 1690. The summed E-state index contributed by atoms with van der Waals surface area (Å²) < 4.78 is 48.6. The van der Waals surface area contributed by atoms with Crippen LogP contribution in [0, 0.1) is 11.3 Å². The van der Waals surface area contributed by atoms with Gasteiger partial charge in [-0.15, -0.1) is 13.2 Å². The van der Waals surface area contributed by atoms with Gasteiger partial charge in [0, 0.05) is 23.0 Å². The first kappa shape index (κ1) is 33.9. The highest BCUT2D eigenvalue weighted by Gasteiger charge is 2.31. The predicted octanol–water partition coefficient (Wildman–Crippen LogP) is 8.69. The van der Waals surface area contributed by atoms with Crippen molar-refractivity contribution >= 4 is 23.5 Å². The van der Waals surface area contributed by atoms with Crippen molar-refractivity contribution in [1.82, 2.24) is 5.32 Å². The third-order valence-corrected chi connectivity index (χ3v) is 7.36. The van der Waals surface area contributed by atoms with Gasteiger partial charge in [0.2, 0.25) is 0 Å². The highest BCUT2D eigenvalue weighted by atomic mass is 35.5. The van der Waals surface area contributed by atoms with Gasteiger partial charge < -0.3 is 19.9 Å². The lowest BCUT2D eigenvalue weighted by Gasteiger charge is -2.29. The molecule has 2 N–H and O–H groups in total. The number of nitrogens with zero attached hydrogens (tertiary/aromatic N) is 1. The first-order valence-corrected chi connectivity index (χ1v) is 14.8. The zero-order valence-corrected chi connectivity index (χ0v) is 25.4. The number of nitrogens with one attached hydrogen (secondary N) is 1. The van der Waals surface area contributed by atoms with Crippen molar-refractivity contribution in [2.75, 3.05) is 6.54 Å². The molecular weight excluding hydrogens is 621 g/mol. The highest BCUT2D eigenvalue weighted by Crippen LogP contribution is 2.40. The van der Waals surface area contributed by atoms with Crippen LogP contribution in [0.4, 0.5) is 13.2 Å². The number of ether oxygens (including phenoxy) is 2. The monoisotopic (exact) mass is 650 g/mol. The molecule has 0 aliphatic heterocycles. The molecular formula is C35H30ClF3N2O5. The van der Waals surface area contributed by atoms with Crippen molar-refractivity contribution < 1.29 is 37.3 Å². The zero-order valence-electron chi connectivity index (χ0n) is 24.7. The maximum absolute atomic E-state index is 12.6. The van der Waals surface area contributed by atoms with E-state index in [1.165, 1.54) is 24.3 Å². The normalized spacial score (nSPS) is 12.4. The topological polar surface area (TPSA) is 109 Å². The molecule has 46 heavy (non-hydrogen) atoms. The average Bonchev–Trinajstić information content (AvgIpc) is 3.02. The van der Waals surface area contributed by atoms with E-state index in [9.17, 15) is 28.0 Å². The molecule has 0 fully saturated rings. The minimum atomic E-state index is -4.82. The van der Waals surface area contributed by atoms with Crippen LogP contribution in [-0.4, -0.2) is 29.9 Å². The van der Waals surface area contributed by atoms with Gasteiger partial charge >= 0.3 is 12.3 Å². The fourth-order valence-corrected chi connectivity index (χ4v) is 5.13. The van der Waals surface area contributed by atoms with E-state index in [4.69, 9.17) is 21.4 Å². The van der Waals surface area contributed by atoms with Gasteiger partial charge in [0.25, 0.3) is 5.91 Å². The summed E-state index contributed by atoms with van der Waals surface area (Å²) in [4.78, 5) is 23.3. The van der Waals surface area contributed by atoms with Crippen LogP contribution < -0.4 is 14.8 Å². The molecule has 0 aliphatic carbocycles. The number of hydrogen-bond donors (Lipinski definition) is 2. The molecule has 0 saturated carbocycles. The Morgan fingerprint density at radius 3 is 2.15 bits per heavy atom. The number of benzene rings is 4. The van der Waals surface area contributed by atoms with Crippen LogP contribution in [0.15, 0.2) is 91.0 Å². The summed E-state index contributed by atoms with van der Waals surface area (Å²) in [5.74, 6) is -1.59. The number of carbonyl (C=O) groups is 2. The lowest BCUT2D eigenvalue weighted by molar-refractivity contribution is -0.274. The quantitative estimate of drug-likeness (QED) is 0.150. The summed E-state index contributed by atoms with van der Waals surface area (Å²) in [6.07, 6.45) is -4.07. The van der Waals surface area contributed by atoms with Crippen LogP contribution in [0.2, 0.25) is 5.02 Å². The number of aliphatic carboxylic acids is 1. The molecule has 7 nitrogen and oxygen atoms in total. The molecule has 0 aliphatic rings. The van der Waals surface area contributed by atoms with Gasteiger partial charge in [-0.3, -0.25) is 9.59 Å². The second kappa shape index (κ2) is 15.3. The van der Waals surface area contributed by atoms with Crippen LogP contribution in [-0.2, 0) is 4.79 Å². The smallest absolute Gasteiger partial charge is 0.485 e. The average molecular weight is 651 g/mol. The van der Waals surface area contributed by atoms with Crippen molar-refractivity contribution in [3.8, 4) is 28.7 Å². The maximum Gasteiger partial charge on any atom is 0.573 e. The second-order valence-electron chi connectivity index (χ2n) is 10.4. The number of rotatable bonds is 13. The van der Waals surface area contributed by atoms with E-state index in [1.807, 2.05) is 31.2 Å². The molecule has 0 heterocycles. The number of carboxylic acid groups (broad SMARTS) is 1. The van der Waals surface area contributed by atoms with Crippen LogP contribution in [0.25, 0.3) is 11.1 Å². The number of alkyl halides is 3. The lowest BCUT2D eigenvalue weighted by Crippen LogP contribution is -2.26. The Labute approximate surface area is 269 Å².